The Morgan fingerprint density at radius 3 is 2.70 bits per heavy atom. The quantitative estimate of drug-likeness (QED) is 0.640. The fourth-order valence-electron chi connectivity index (χ4n) is 3.23. The third kappa shape index (κ3) is 5.32. The van der Waals surface area contributed by atoms with E-state index in [1.54, 1.807) is 0 Å². The summed E-state index contributed by atoms with van der Waals surface area (Å²) in [6, 6.07) is 4.63. The summed E-state index contributed by atoms with van der Waals surface area (Å²) in [5, 5.41) is 16.6. The number of amides is 1. The highest BCUT2D eigenvalue weighted by molar-refractivity contribution is 7.15. The van der Waals surface area contributed by atoms with Crippen LogP contribution in [0.3, 0.4) is 0 Å². The second-order valence-electron chi connectivity index (χ2n) is 6.74. The number of hydrogen-bond donors (Lipinski definition) is 3. The van der Waals surface area contributed by atoms with Crippen molar-refractivity contribution in [1.82, 2.24) is 10.3 Å². The number of rotatable bonds is 5. The van der Waals surface area contributed by atoms with Gasteiger partial charge in [0, 0.05) is 6.04 Å². The summed E-state index contributed by atoms with van der Waals surface area (Å²) in [7, 11) is 0. The van der Waals surface area contributed by atoms with Gasteiger partial charge >= 0.3 is 0 Å². The van der Waals surface area contributed by atoms with E-state index in [1.807, 2.05) is 0 Å². The van der Waals surface area contributed by atoms with Crippen molar-refractivity contribution in [3.63, 3.8) is 0 Å². The molecule has 1 aromatic heterocycles. The lowest BCUT2D eigenvalue weighted by molar-refractivity contribution is 0.0947. The number of aromatic hydroxyl groups is 1. The van der Waals surface area contributed by atoms with Gasteiger partial charge in [0.2, 0.25) is 5.88 Å². The fraction of sp³-hybridized carbons (Fsp3) is 0.474. The Morgan fingerprint density at radius 1 is 1.26 bits per heavy atom. The zero-order valence-corrected chi connectivity index (χ0v) is 16.5. The second-order valence-corrected chi connectivity index (χ2v) is 8.23. The molecule has 1 aliphatic rings. The zero-order chi connectivity index (χ0) is 19.2. The zero-order valence-electron chi connectivity index (χ0n) is 14.9. The Labute approximate surface area is 167 Å². The molecule has 1 aliphatic carbocycles. The molecule has 1 heterocycles. The first-order valence-corrected chi connectivity index (χ1v) is 10.4. The van der Waals surface area contributed by atoms with Crippen molar-refractivity contribution in [3.8, 4) is 5.88 Å². The van der Waals surface area contributed by atoms with E-state index in [0.717, 1.165) is 12.8 Å². The first kappa shape index (κ1) is 19.9. The maximum atomic E-state index is 13.9. The molecule has 0 aliphatic heterocycles. The topological polar surface area (TPSA) is 74.2 Å². The van der Waals surface area contributed by atoms with E-state index in [9.17, 15) is 14.3 Å². The molecule has 5 nitrogen and oxygen atoms in total. The van der Waals surface area contributed by atoms with Gasteiger partial charge < -0.3 is 15.7 Å². The summed E-state index contributed by atoms with van der Waals surface area (Å²) >= 11 is 7.01. The van der Waals surface area contributed by atoms with Gasteiger partial charge in [0.1, 0.15) is 0 Å². The Hall–Kier alpha value is -1.86. The lowest BCUT2D eigenvalue weighted by atomic mass is 9.97. The van der Waals surface area contributed by atoms with E-state index in [1.165, 1.54) is 61.6 Å². The number of carbonyl (C=O) groups is 1. The van der Waals surface area contributed by atoms with Crippen LogP contribution in [0.2, 0.25) is 5.02 Å². The Morgan fingerprint density at radius 2 is 1.96 bits per heavy atom. The number of hydrogen-bond acceptors (Lipinski definition) is 5. The molecule has 3 rings (SSSR count). The molecular weight excluding hydrogens is 389 g/mol. The van der Waals surface area contributed by atoms with Gasteiger partial charge in [-0.1, -0.05) is 61.1 Å². The molecule has 0 atom stereocenters. The van der Waals surface area contributed by atoms with E-state index in [0.29, 0.717) is 16.1 Å². The van der Waals surface area contributed by atoms with Crippen molar-refractivity contribution >= 4 is 34.0 Å². The van der Waals surface area contributed by atoms with Crippen LogP contribution in [0.1, 0.15) is 60.2 Å². The standard InChI is InChI=1S/C19H23ClFN3O2S/c20-14-10-6-9-13(16(14)21)17(25)22-11-15-18(26)24-19(27-15)23-12-7-4-2-1-3-5-8-12/h6,9-10,12,26H,1-5,7-8,11H2,(H,22,25)(H,23,24). The van der Waals surface area contributed by atoms with Crippen LogP contribution in [0, 0.1) is 5.82 Å². The van der Waals surface area contributed by atoms with E-state index >= 15 is 0 Å². The SMILES string of the molecule is O=C(NCc1sc(NC2CCCCCCC2)nc1O)c1cccc(Cl)c1F. The Kier molecular flexibility index (Phi) is 6.90. The highest BCUT2D eigenvalue weighted by Crippen LogP contribution is 2.30. The molecular formula is C19H23ClFN3O2S. The predicted octanol–water partition coefficient (Wildman–Crippen LogP) is 5.10. The van der Waals surface area contributed by atoms with Crippen molar-refractivity contribution in [2.75, 3.05) is 5.32 Å². The highest BCUT2D eigenvalue weighted by Gasteiger charge is 2.18. The van der Waals surface area contributed by atoms with Crippen LogP contribution in [-0.2, 0) is 6.54 Å². The van der Waals surface area contributed by atoms with Gasteiger partial charge in [-0.3, -0.25) is 4.79 Å². The molecule has 2 aromatic rings. The van der Waals surface area contributed by atoms with Crippen LogP contribution in [0.4, 0.5) is 9.52 Å². The van der Waals surface area contributed by atoms with E-state index in [2.05, 4.69) is 15.6 Å². The van der Waals surface area contributed by atoms with Crippen LogP contribution in [0.25, 0.3) is 0 Å². The first-order chi connectivity index (χ1) is 13.0. The molecule has 3 N–H and O–H groups in total. The third-order valence-electron chi connectivity index (χ3n) is 4.72. The number of nitrogens with zero attached hydrogens (tertiary/aromatic N) is 1. The molecule has 0 saturated heterocycles. The molecule has 1 saturated carbocycles. The molecule has 8 heteroatoms. The molecule has 0 bridgehead atoms. The lowest BCUT2D eigenvalue weighted by Gasteiger charge is -2.20. The summed E-state index contributed by atoms with van der Waals surface area (Å²) in [6.07, 6.45) is 8.42. The molecule has 0 spiro atoms. The molecule has 1 aromatic carbocycles. The predicted molar refractivity (Wildman–Crippen MR) is 106 cm³/mol. The summed E-state index contributed by atoms with van der Waals surface area (Å²) in [5.74, 6) is -1.45. The molecule has 27 heavy (non-hydrogen) atoms. The van der Waals surface area contributed by atoms with Crippen molar-refractivity contribution in [1.29, 1.82) is 0 Å². The van der Waals surface area contributed by atoms with Gasteiger partial charge in [-0.05, 0) is 25.0 Å². The number of benzene rings is 1. The molecule has 1 fully saturated rings. The maximum absolute atomic E-state index is 13.9. The van der Waals surface area contributed by atoms with Crippen LogP contribution < -0.4 is 10.6 Å². The number of aromatic nitrogens is 1. The normalized spacial score (nSPS) is 15.8. The summed E-state index contributed by atoms with van der Waals surface area (Å²) in [6.45, 7) is 0.0701. The monoisotopic (exact) mass is 411 g/mol. The number of carbonyl (C=O) groups excluding carboxylic acids is 1. The van der Waals surface area contributed by atoms with Gasteiger partial charge in [-0.2, -0.15) is 4.98 Å². The minimum absolute atomic E-state index is 0.0701. The van der Waals surface area contributed by atoms with E-state index < -0.39 is 11.7 Å². The van der Waals surface area contributed by atoms with Crippen molar-refractivity contribution in [3.05, 3.63) is 39.5 Å². The number of thiazole rings is 1. The summed E-state index contributed by atoms with van der Waals surface area (Å²) in [4.78, 5) is 16.9. The van der Waals surface area contributed by atoms with E-state index in [-0.39, 0.29) is 23.0 Å². The number of nitrogens with one attached hydrogen (secondary N) is 2. The highest BCUT2D eigenvalue weighted by atomic mass is 35.5. The van der Waals surface area contributed by atoms with Crippen molar-refractivity contribution in [2.24, 2.45) is 0 Å². The van der Waals surface area contributed by atoms with Gasteiger partial charge in [-0.25, -0.2) is 4.39 Å². The van der Waals surface area contributed by atoms with Gasteiger partial charge in [-0.15, -0.1) is 0 Å². The lowest BCUT2D eigenvalue weighted by Crippen LogP contribution is -2.23. The van der Waals surface area contributed by atoms with Crippen LogP contribution in [-0.4, -0.2) is 22.0 Å². The summed E-state index contributed by atoms with van der Waals surface area (Å²) < 4.78 is 13.9. The van der Waals surface area contributed by atoms with E-state index in [4.69, 9.17) is 11.6 Å². The molecule has 0 radical (unpaired) electrons. The van der Waals surface area contributed by atoms with Gasteiger partial charge in [0.25, 0.3) is 5.91 Å². The number of halogens is 2. The Bertz CT molecular complexity index is 791. The van der Waals surface area contributed by atoms with Crippen molar-refractivity contribution < 1.29 is 14.3 Å². The number of anilines is 1. The first-order valence-electron chi connectivity index (χ1n) is 9.22. The largest absolute Gasteiger partial charge is 0.492 e. The van der Waals surface area contributed by atoms with Crippen LogP contribution in [0.5, 0.6) is 5.88 Å². The van der Waals surface area contributed by atoms with Crippen LogP contribution in [0.15, 0.2) is 18.2 Å². The van der Waals surface area contributed by atoms with Gasteiger partial charge in [0.05, 0.1) is 22.0 Å². The van der Waals surface area contributed by atoms with Crippen molar-refractivity contribution in [2.45, 2.75) is 57.5 Å². The smallest absolute Gasteiger partial charge is 0.254 e. The Balaban J connectivity index is 1.59. The summed E-state index contributed by atoms with van der Waals surface area (Å²) in [5.41, 5.74) is -0.126. The molecule has 0 unspecified atom stereocenters. The fourth-order valence-corrected chi connectivity index (χ4v) is 4.28. The average molecular weight is 412 g/mol. The maximum Gasteiger partial charge on any atom is 0.254 e. The average Bonchev–Trinajstić information content (AvgIpc) is 2.97. The van der Waals surface area contributed by atoms with Gasteiger partial charge in [0.15, 0.2) is 10.9 Å². The minimum Gasteiger partial charge on any atom is -0.492 e. The minimum atomic E-state index is -0.753. The molecule has 1 amide bonds. The van der Waals surface area contributed by atoms with Crippen LogP contribution >= 0.6 is 22.9 Å². The molecule has 146 valence electrons. The third-order valence-corrected chi connectivity index (χ3v) is 5.98. The second kappa shape index (κ2) is 9.37.